The maximum atomic E-state index is 6.19. The van der Waals surface area contributed by atoms with Crippen molar-refractivity contribution in [1.82, 2.24) is 5.43 Å². The highest BCUT2D eigenvalue weighted by molar-refractivity contribution is 6.31. The number of nitrogens with one attached hydrogen (secondary N) is 1. The molecule has 2 rings (SSSR count). The maximum Gasteiger partial charge on any atom is 0.0463 e. The van der Waals surface area contributed by atoms with Gasteiger partial charge >= 0.3 is 0 Å². The van der Waals surface area contributed by atoms with E-state index in [1.54, 1.807) is 0 Å². The van der Waals surface area contributed by atoms with Crippen molar-refractivity contribution in [2.45, 2.75) is 32.7 Å². The molecule has 2 aromatic carbocycles. The molecule has 3 heteroatoms. The van der Waals surface area contributed by atoms with Gasteiger partial charge in [0.2, 0.25) is 0 Å². The van der Waals surface area contributed by atoms with Crippen LogP contribution in [0, 0.1) is 13.8 Å². The van der Waals surface area contributed by atoms with Gasteiger partial charge in [0, 0.05) is 11.1 Å². The Kier molecular flexibility index (Phi) is 5.18. The van der Waals surface area contributed by atoms with Crippen molar-refractivity contribution in [1.29, 1.82) is 0 Å². The molecule has 0 fully saturated rings. The molecule has 0 heterocycles. The molecule has 2 aromatic rings. The van der Waals surface area contributed by atoms with Gasteiger partial charge in [-0.2, -0.15) is 0 Å². The van der Waals surface area contributed by atoms with E-state index in [9.17, 15) is 0 Å². The number of halogens is 1. The van der Waals surface area contributed by atoms with Gasteiger partial charge in [-0.05, 0) is 55.0 Å². The van der Waals surface area contributed by atoms with Crippen molar-refractivity contribution < 1.29 is 0 Å². The second-order valence-corrected chi connectivity index (χ2v) is 5.60. The summed E-state index contributed by atoms with van der Waals surface area (Å²) in [6.45, 7) is 4.15. The molecule has 0 aliphatic heterocycles. The minimum atomic E-state index is 0.118. The summed E-state index contributed by atoms with van der Waals surface area (Å²) < 4.78 is 0. The fourth-order valence-electron chi connectivity index (χ4n) is 2.36. The molecule has 1 atom stereocenters. The average molecular weight is 289 g/mol. The Hall–Kier alpha value is -1.35. The van der Waals surface area contributed by atoms with E-state index >= 15 is 0 Å². The Morgan fingerprint density at radius 1 is 1.10 bits per heavy atom. The molecule has 1 unspecified atom stereocenters. The zero-order chi connectivity index (χ0) is 14.5. The van der Waals surface area contributed by atoms with E-state index in [4.69, 9.17) is 17.4 Å². The first-order valence-electron chi connectivity index (χ1n) is 6.88. The molecule has 0 saturated heterocycles. The van der Waals surface area contributed by atoms with Crippen molar-refractivity contribution in [2.24, 2.45) is 5.84 Å². The molecule has 0 saturated carbocycles. The lowest BCUT2D eigenvalue weighted by Gasteiger charge is -2.17. The Labute approximate surface area is 125 Å². The average Bonchev–Trinajstić information content (AvgIpc) is 2.45. The van der Waals surface area contributed by atoms with E-state index in [2.05, 4.69) is 42.7 Å². The van der Waals surface area contributed by atoms with Crippen molar-refractivity contribution in [3.63, 3.8) is 0 Å². The fraction of sp³-hybridized carbons (Fsp3) is 0.294. The van der Waals surface area contributed by atoms with E-state index in [-0.39, 0.29) is 6.04 Å². The molecular weight excluding hydrogens is 268 g/mol. The van der Waals surface area contributed by atoms with Crippen LogP contribution in [0.15, 0.2) is 42.5 Å². The Bertz CT molecular complexity index is 581. The number of benzene rings is 2. The lowest BCUT2D eigenvalue weighted by molar-refractivity contribution is 0.516. The Morgan fingerprint density at radius 2 is 1.85 bits per heavy atom. The van der Waals surface area contributed by atoms with Crippen molar-refractivity contribution in [3.8, 4) is 0 Å². The Balaban J connectivity index is 2.09. The van der Waals surface area contributed by atoms with Crippen LogP contribution in [0.5, 0.6) is 0 Å². The molecule has 0 radical (unpaired) electrons. The summed E-state index contributed by atoms with van der Waals surface area (Å²) in [6.07, 6.45) is 1.94. The number of aryl methyl sites for hydroxylation is 3. The zero-order valence-corrected chi connectivity index (χ0v) is 12.7. The SMILES string of the molecule is Cc1ccc(C(CCc2ccccc2C)NN)cc1Cl. The Morgan fingerprint density at radius 3 is 2.50 bits per heavy atom. The van der Waals surface area contributed by atoms with Gasteiger partial charge in [-0.1, -0.05) is 48.0 Å². The summed E-state index contributed by atoms with van der Waals surface area (Å²) in [7, 11) is 0. The maximum absolute atomic E-state index is 6.19. The standard InChI is InChI=1S/C17H21ClN2/c1-12-5-3-4-6-14(12)9-10-17(20-19)15-8-7-13(2)16(18)11-15/h3-8,11,17,20H,9-10,19H2,1-2H3. The van der Waals surface area contributed by atoms with E-state index in [0.29, 0.717) is 0 Å². The largest absolute Gasteiger partial charge is 0.271 e. The van der Waals surface area contributed by atoms with Crippen molar-refractivity contribution in [3.05, 3.63) is 69.7 Å². The van der Waals surface area contributed by atoms with Crippen LogP contribution in [-0.4, -0.2) is 0 Å². The summed E-state index contributed by atoms with van der Waals surface area (Å²) in [6, 6.07) is 14.7. The van der Waals surface area contributed by atoms with Gasteiger partial charge in [0.05, 0.1) is 0 Å². The first kappa shape index (κ1) is 15.0. The quantitative estimate of drug-likeness (QED) is 0.642. The van der Waals surface area contributed by atoms with Gasteiger partial charge in [-0.3, -0.25) is 11.3 Å². The number of rotatable bonds is 5. The lowest BCUT2D eigenvalue weighted by Crippen LogP contribution is -2.28. The van der Waals surface area contributed by atoms with Crippen LogP contribution in [0.4, 0.5) is 0 Å². The summed E-state index contributed by atoms with van der Waals surface area (Å²) in [5, 5.41) is 0.790. The van der Waals surface area contributed by atoms with Gasteiger partial charge in [0.15, 0.2) is 0 Å². The summed E-state index contributed by atoms with van der Waals surface area (Å²) in [5.74, 6) is 5.70. The van der Waals surface area contributed by atoms with Crippen LogP contribution >= 0.6 is 11.6 Å². The van der Waals surface area contributed by atoms with E-state index < -0.39 is 0 Å². The normalized spacial score (nSPS) is 12.4. The van der Waals surface area contributed by atoms with Crippen LogP contribution in [0.3, 0.4) is 0 Å². The highest BCUT2D eigenvalue weighted by Gasteiger charge is 2.11. The molecular formula is C17H21ClN2. The summed E-state index contributed by atoms with van der Waals surface area (Å²) in [4.78, 5) is 0. The third-order valence-electron chi connectivity index (χ3n) is 3.76. The zero-order valence-electron chi connectivity index (χ0n) is 12.0. The van der Waals surface area contributed by atoms with E-state index in [1.165, 1.54) is 11.1 Å². The van der Waals surface area contributed by atoms with Crippen molar-refractivity contribution in [2.75, 3.05) is 0 Å². The van der Waals surface area contributed by atoms with Crippen LogP contribution in [-0.2, 0) is 6.42 Å². The van der Waals surface area contributed by atoms with Crippen LogP contribution in [0.25, 0.3) is 0 Å². The van der Waals surface area contributed by atoms with Gasteiger partial charge in [0.25, 0.3) is 0 Å². The molecule has 0 aliphatic rings. The van der Waals surface area contributed by atoms with Crippen LogP contribution in [0.2, 0.25) is 5.02 Å². The van der Waals surface area contributed by atoms with Gasteiger partial charge < -0.3 is 0 Å². The number of hydrogen-bond donors (Lipinski definition) is 2. The summed E-state index contributed by atoms with van der Waals surface area (Å²) in [5.41, 5.74) is 7.81. The molecule has 0 spiro atoms. The van der Waals surface area contributed by atoms with Gasteiger partial charge in [-0.15, -0.1) is 0 Å². The van der Waals surface area contributed by atoms with E-state index in [1.807, 2.05) is 19.1 Å². The molecule has 3 N–H and O–H groups in total. The molecule has 20 heavy (non-hydrogen) atoms. The third-order valence-corrected chi connectivity index (χ3v) is 4.17. The van der Waals surface area contributed by atoms with Gasteiger partial charge in [-0.25, -0.2) is 0 Å². The first-order chi connectivity index (χ1) is 9.61. The lowest BCUT2D eigenvalue weighted by atomic mass is 9.97. The minimum absolute atomic E-state index is 0.118. The minimum Gasteiger partial charge on any atom is -0.271 e. The third kappa shape index (κ3) is 3.60. The van der Waals surface area contributed by atoms with Crippen LogP contribution < -0.4 is 11.3 Å². The smallest absolute Gasteiger partial charge is 0.0463 e. The summed E-state index contributed by atoms with van der Waals surface area (Å²) >= 11 is 6.19. The fourth-order valence-corrected chi connectivity index (χ4v) is 2.55. The van der Waals surface area contributed by atoms with Gasteiger partial charge in [0.1, 0.15) is 0 Å². The molecule has 0 bridgehead atoms. The second kappa shape index (κ2) is 6.89. The highest BCUT2D eigenvalue weighted by atomic mass is 35.5. The molecule has 0 amide bonds. The number of nitrogens with two attached hydrogens (primary N) is 1. The number of hydrogen-bond acceptors (Lipinski definition) is 2. The molecule has 2 nitrogen and oxygen atoms in total. The predicted octanol–water partition coefficient (Wildman–Crippen LogP) is 4.09. The highest BCUT2D eigenvalue weighted by Crippen LogP contribution is 2.24. The second-order valence-electron chi connectivity index (χ2n) is 5.19. The van der Waals surface area contributed by atoms with Crippen LogP contribution in [0.1, 0.15) is 34.7 Å². The number of hydrazine groups is 1. The molecule has 0 aliphatic carbocycles. The molecule has 106 valence electrons. The van der Waals surface area contributed by atoms with Crippen molar-refractivity contribution >= 4 is 11.6 Å². The topological polar surface area (TPSA) is 38.0 Å². The predicted molar refractivity (Wildman–Crippen MR) is 85.8 cm³/mol. The molecule has 0 aromatic heterocycles. The first-order valence-corrected chi connectivity index (χ1v) is 7.26. The van der Waals surface area contributed by atoms with E-state index in [0.717, 1.165) is 29.0 Å². The monoisotopic (exact) mass is 288 g/mol.